The molecule has 0 atom stereocenters. The van der Waals surface area contributed by atoms with E-state index >= 15 is 0 Å². The number of para-hydroxylation sites is 2. The maximum absolute atomic E-state index is 12.6. The van der Waals surface area contributed by atoms with Crippen molar-refractivity contribution in [2.24, 2.45) is 0 Å². The van der Waals surface area contributed by atoms with Crippen molar-refractivity contribution in [1.82, 2.24) is 4.98 Å². The van der Waals surface area contributed by atoms with Crippen molar-refractivity contribution >= 4 is 28.9 Å². The molecule has 5 heteroatoms. The fourth-order valence-corrected chi connectivity index (χ4v) is 2.49. The van der Waals surface area contributed by atoms with E-state index in [1.807, 2.05) is 31.3 Å². The number of nitrogens with zero attached hydrogens (tertiary/aromatic N) is 3. The van der Waals surface area contributed by atoms with E-state index in [0.717, 1.165) is 17.9 Å². The fraction of sp³-hybridized carbons (Fsp3) is 0.200. The lowest BCUT2D eigenvalue weighted by atomic mass is 10.1. The van der Waals surface area contributed by atoms with Crippen LogP contribution in [0.4, 0.5) is 11.4 Å². The third kappa shape index (κ3) is 2.23. The lowest BCUT2D eigenvalue weighted by molar-refractivity contribution is 0.0986. The molecule has 20 heavy (non-hydrogen) atoms. The van der Waals surface area contributed by atoms with E-state index in [0.29, 0.717) is 17.3 Å². The summed E-state index contributed by atoms with van der Waals surface area (Å²) in [5.41, 5.74) is 2.55. The number of halogens is 1. The third-order valence-corrected chi connectivity index (χ3v) is 3.69. The number of hydrogen-bond acceptors (Lipinski definition) is 3. The number of pyridine rings is 1. The topological polar surface area (TPSA) is 36.4 Å². The summed E-state index contributed by atoms with van der Waals surface area (Å²) in [4.78, 5) is 20.5. The average molecular weight is 288 g/mol. The zero-order valence-corrected chi connectivity index (χ0v) is 11.8. The number of benzene rings is 1. The van der Waals surface area contributed by atoms with Gasteiger partial charge >= 0.3 is 0 Å². The number of carbonyl (C=O) groups excluding carboxylic acids is 1. The number of amides is 1. The van der Waals surface area contributed by atoms with Crippen molar-refractivity contribution in [2.75, 3.05) is 29.9 Å². The van der Waals surface area contributed by atoms with E-state index < -0.39 is 0 Å². The van der Waals surface area contributed by atoms with Crippen LogP contribution in [0.2, 0.25) is 5.15 Å². The van der Waals surface area contributed by atoms with Crippen LogP contribution in [-0.2, 0) is 0 Å². The van der Waals surface area contributed by atoms with Gasteiger partial charge in [-0.3, -0.25) is 4.79 Å². The Kier molecular flexibility index (Phi) is 3.32. The van der Waals surface area contributed by atoms with Gasteiger partial charge in [0.15, 0.2) is 0 Å². The second-order valence-corrected chi connectivity index (χ2v) is 5.12. The summed E-state index contributed by atoms with van der Waals surface area (Å²) in [6, 6.07) is 11.3. The first-order chi connectivity index (χ1) is 9.66. The second-order valence-electron chi connectivity index (χ2n) is 4.74. The predicted octanol–water partition coefficient (Wildman–Crippen LogP) is 2.83. The molecule has 2 aromatic rings. The molecule has 0 saturated carbocycles. The zero-order valence-electron chi connectivity index (χ0n) is 11.1. The minimum absolute atomic E-state index is 0.0466. The van der Waals surface area contributed by atoms with Crippen LogP contribution in [0.3, 0.4) is 0 Å². The molecule has 2 heterocycles. The summed E-state index contributed by atoms with van der Waals surface area (Å²) in [7, 11) is 2.03. The number of anilines is 2. The van der Waals surface area contributed by atoms with E-state index in [1.54, 1.807) is 17.0 Å². The van der Waals surface area contributed by atoms with Crippen LogP contribution in [0.1, 0.15) is 10.4 Å². The highest BCUT2D eigenvalue weighted by Crippen LogP contribution is 2.32. The molecule has 1 aromatic heterocycles. The van der Waals surface area contributed by atoms with Crippen LogP contribution in [0, 0.1) is 0 Å². The van der Waals surface area contributed by atoms with Crippen molar-refractivity contribution in [2.45, 2.75) is 0 Å². The van der Waals surface area contributed by atoms with Crippen LogP contribution in [-0.4, -0.2) is 31.0 Å². The normalized spacial score (nSPS) is 14.1. The fourth-order valence-electron chi connectivity index (χ4n) is 2.38. The Bertz CT molecular complexity index is 642. The molecule has 0 unspecified atom stereocenters. The molecule has 1 aromatic carbocycles. The van der Waals surface area contributed by atoms with Crippen molar-refractivity contribution in [3.63, 3.8) is 0 Å². The molecule has 0 N–H and O–H groups in total. The number of aromatic nitrogens is 1. The molecule has 3 rings (SSSR count). The Labute approximate surface area is 122 Å². The monoisotopic (exact) mass is 287 g/mol. The molecule has 0 radical (unpaired) electrons. The Hall–Kier alpha value is -2.07. The molecule has 0 bridgehead atoms. The molecule has 102 valence electrons. The predicted molar refractivity (Wildman–Crippen MR) is 80.6 cm³/mol. The van der Waals surface area contributed by atoms with Gasteiger partial charge in [0.25, 0.3) is 5.91 Å². The number of fused-ring (bicyclic) bond motifs is 1. The number of hydrogen-bond donors (Lipinski definition) is 0. The second kappa shape index (κ2) is 5.13. The van der Waals surface area contributed by atoms with E-state index in [2.05, 4.69) is 9.88 Å². The summed E-state index contributed by atoms with van der Waals surface area (Å²) in [5.74, 6) is -0.0466. The van der Waals surface area contributed by atoms with Gasteiger partial charge < -0.3 is 9.80 Å². The van der Waals surface area contributed by atoms with Crippen molar-refractivity contribution < 1.29 is 4.79 Å². The first-order valence-corrected chi connectivity index (χ1v) is 6.78. The van der Waals surface area contributed by atoms with Gasteiger partial charge in [-0.25, -0.2) is 4.98 Å². The summed E-state index contributed by atoms with van der Waals surface area (Å²) in [6.45, 7) is 1.47. The minimum Gasteiger partial charge on any atom is -0.371 e. The van der Waals surface area contributed by atoms with Gasteiger partial charge in [-0.1, -0.05) is 23.7 Å². The zero-order chi connectivity index (χ0) is 14.1. The largest absolute Gasteiger partial charge is 0.371 e. The average Bonchev–Trinajstić information content (AvgIpc) is 2.48. The van der Waals surface area contributed by atoms with Gasteiger partial charge in [0.2, 0.25) is 0 Å². The Balaban J connectivity index is 1.97. The number of likely N-dealkylation sites (N-methyl/N-ethyl adjacent to an activating group) is 1. The van der Waals surface area contributed by atoms with Crippen LogP contribution in [0.15, 0.2) is 42.6 Å². The van der Waals surface area contributed by atoms with Crippen molar-refractivity contribution in [1.29, 1.82) is 0 Å². The van der Waals surface area contributed by atoms with Gasteiger partial charge in [-0.2, -0.15) is 0 Å². The van der Waals surface area contributed by atoms with Crippen LogP contribution in [0.25, 0.3) is 0 Å². The van der Waals surface area contributed by atoms with Gasteiger partial charge in [0, 0.05) is 26.3 Å². The van der Waals surface area contributed by atoms with E-state index in [4.69, 9.17) is 11.6 Å². The van der Waals surface area contributed by atoms with Crippen LogP contribution >= 0.6 is 11.6 Å². The molecule has 0 fully saturated rings. The molecule has 4 nitrogen and oxygen atoms in total. The van der Waals surface area contributed by atoms with Crippen LogP contribution in [0.5, 0.6) is 0 Å². The summed E-state index contributed by atoms with van der Waals surface area (Å²) in [6.07, 6.45) is 1.52. The quantitative estimate of drug-likeness (QED) is 0.757. The summed E-state index contributed by atoms with van der Waals surface area (Å²) >= 11 is 5.76. The lowest BCUT2D eigenvalue weighted by Gasteiger charge is -2.35. The smallest absolute Gasteiger partial charge is 0.259 e. The Morgan fingerprint density at radius 2 is 1.90 bits per heavy atom. The first kappa shape index (κ1) is 12.9. The highest BCUT2D eigenvalue weighted by molar-refractivity contribution is 6.29. The minimum atomic E-state index is -0.0466. The lowest BCUT2D eigenvalue weighted by Crippen LogP contribution is -2.42. The Morgan fingerprint density at radius 3 is 2.60 bits per heavy atom. The van der Waals surface area contributed by atoms with E-state index in [9.17, 15) is 4.79 Å². The van der Waals surface area contributed by atoms with Gasteiger partial charge in [-0.15, -0.1) is 0 Å². The highest BCUT2D eigenvalue weighted by Gasteiger charge is 2.25. The molecule has 1 aliphatic rings. The molecule has 0 saturated heterocycles. The molecular weight excluding hydrogens is 274 g/mol. The van der Waals surface area contributed by atoms with Gasteiger partial charge in [0.1, 0.15) is 5.15 Å². The SMILES string of the molecule is CN1CCN(C(=O)c2ccc(Cl)nc2)c2ccccc21. The third-order valence-electron chi connectivity index (χ3n) is 3.46. The summed E-state index contributed by atoms with van der Waals surface area (Å²) < 4.78 is 0. The van der Waals surface area contributed by atoms with E-state index in [-0.39, 0.29) is 5.91 Å². The van der Waals surface area contributed by atoms with Crippen molar-refractivity contribution in [3.8, 4) is 0 Å². The molecular formula is C15H14ClN3O. The molecule has 0 aliphatic carbocycles. The maximum atomic E-state index is 12.6. The van der Waals surface area contributed by atoms with E-state index in [1.165, 1.54) is 6.20 Å². The summed E-state index contributed by atoms with van der Waals surface area (Å²) in [5, 5.41) is 0.389. The van der Waals surface area contributed by atoms with Crippen molar-refractivity contribution in [3.05, 3.63) is 53.3 Å². The van der Waals surface area contributed by atoms with Crippen LogP contribution < -0.4 is 9.80 Å². The highest BCUT2D eigenvalue weighted by atomic mass is 35.5. The Morgan fingerprint density at radius 1 is 1.15 bits per heavy atom. The molecule has 0 spiro atoms. The molecule has 1 amide bonds. The maximum Gasteiger partial charge on any atom is 0.259 e. The number of rotatable bonds is 1. The number of carbonyl (C=O) groups is 1. The first-order valence-electron chi connectivity index (χ1n) is 6.40. The molecule has 1 aliphatic heterocycles. The van der Waals surface area contributed by atoms with Gasteiger partial charge in [-0.05, 0) is 24.3 Å². The standard InChI is InChI=1S/C15H14ClN3O/c1-18-8-9-19(13-5-3-2-4-12(13)18)15(20)11-6-7-14(16)17-10-11/h2-7,10H,8-9H2,1H3. The van der Waals surface area contributed by atoms with Gasteiger partial charge in [0.05, 0.1) is 16.9 Å².